The summed E-state index contributed by atoms with van der Waals surface area (Å²) in [5.74, 6) is 1.24. The van der Waals surface area contributed by atoms with Gasteiger partial charge in [0.1, 0.15) is 0 Å². The summed E-state index contributed by atoms with van der Waals surface area (Å²) in [6.45, 7) is 3.93. The molecule has 0 radical (unpaired) electrons. The van der Waals surface area contributed by atoms with Gasteiger partial charge in [0.05, 0.1) is 13.7 Å². The molecule has 16 heavy (non-hydrogen) atoms. The van der Waals surface area contributed by atoms with Crippen LogP contribution in [0.15, 0.2) is 18.3 Å². The normalized spacial score (nSPS) is 21.8. The fraction of sp³-hybridized carbons (Fsp3) is 0.583. The van der Waals surface area contributed by atoms with Gasteiger partial charge >= 0.3 is 0 Å². The summed E-state index contributed by atoms with van der Waals surface area (Å²) in [6.07, 6.45) is 2.88. The smallest absolute Gasteiger partial charge is 0.214 e. The van der Waals surface area contributed by atoms with Crippen LogP contribution in [0.2, 0.25) is 0 Å². The Morgan fingerprint density at radius 3 is 3.19 bits per heavy atom. The van der Waals surface area contributed by atoms with Gasteiger partial charge in [-0.2, -0.15) is 0 Å². The molecule has 1 aromatic rings. The number of nitrogens with one attached hydrogen (secondary N) is 1. The number of rotatable bonds is 4. The lowest BCUT2D eigenvalue weighted by atomic mass is 10.0. The lowest BCUT2D eigenvalue weighted by Gasteiger charge is -2.20. The SMILES string of the molecule is COc1cc(NC(C)C2CCOC2)ccn1. The molecule has 1 aliphatic heterocycles. The number of aromatic nitrogens is 1. The second-order valence-corrected chi connectivity index (χ2v) is 4.14. The molecule has 0 amide bonds. The molecule has 4 nitrogen and oxygen atoms in total. The predicted molar refractivity (Wildman–Crippen MR) is 62.8 cm³/mol. The van der Waals surface area contributed by atoms with Crippen molar-refractivity contribution >= 4 is 5.69 Å². The van der Waals surface area contributed by atoms with Crippen LogP contribution in [0.5, 0.6) is 5.88 Å². The van der Waals surface area contributed by atoms with Gasteiger partial charge in [-0.25, -0.2) is 4.98 Å². The minimum Gasteiger partial charge on any atom is -0.481 e. The van der Waals surface area contributed by atoms with E-state index in [0.717, 1.165) is 25.3 Å². The number of hydrogen-bond donors (Lipinski definition) is 1. The number of anilines is 1. The van der Waals surface area contributed by atoms with Gasteiger partial charge in [-0.1, -0.05) is 0 Å². The zero-order valence-electron chi connectivity index (χ0n) is 9.77. The third-order valence-electron chi connectivity index (χ3n) is 3.01. The maximum Gasteiger partial charge on any atom is 0.214 e. The summed E-state index contributed by atoms with van der Waals surface area (Å²) >= 11 is 0. The van der Waals surface area contributed by atoms with Crippen molar-refractivity contribution < 1.29 is 9.47 Å². The largest absolute Gasteiger partial charge is 0.481 e. The Labute approximate surface area is 96.0 Å². The predicted octanol–water partition coefficient (Wildman–Crippen LogP) is 1.93. The van der Waals surface area contributed by atoms with Crippen molar-refractivity contribution in [2.45, 2.75) is 19.4 Å². The molecule has 0 spiro atoms. The lowest BCUT2D eigenvalue weighted by Crippen LogP contribution is -2.26. The fourth-order valence-electron chi connectivity index (χ4n) is 1.94. The number of methoxy groups -OCH3 is 1. The molecule has 4 heteroatoms. The van der Waals surface area contributed by atoms with Crippen LogP contribution in [-0.4, -0.2) is 31.3 Å². The minimum absolute atomic E-state index is 0.412. The van der Waals surface area contributed by atoms with E-state index in [2.05, 4.69) is 17.2 Å². The van der Waals surface area contributed by atoms with Crippen LogP contribution in [0.4, 0.5) is 5.69 Å². The first-order valence-corrected chi connectivity index (χ1v) is 5.64. The lowest BCUT2D eigenvalue weighted by molar-refractivity contribution is 0.183. The molecule has 1 aromatic heterocycles. The monoisotopic (exact) mass is 222 g/mol. The maximum absolute atomic E-state index is 5.38. The highest BCUT2D eigenvalue weighted by Crippen LogP contribution is 2.21. The molecule has 88 valence electrons. The van der Waals surface area contributed by atoms with Crippen molar-refractivity contribution in [3.8, 4) is 5.88 Å². The molecule has 0 saturated carbocycles. The Bertz CT molecular complexity index is 338. The molecule has 0 aliphatic carbocycles. The highest BCUT2D eigenvalue weighted by atomic mass is 16.5. The topological polar surface area (TPSA) is 43.4 Å². The van der Waals surface area contributed by atoms with Gasteiger partial charge in [-0.15, -0.1) is 0 Å². The fourth-order valence-corrected chi connectivity index (χ4v) is 1.94. The van der Waals surface area contributed by atoms with E-state index in [1.54, 1.807) is 13.3 Å². The molecular formula is C12H18N2O2. The maximum atomic E-state index is 5.38. The number of nitrogens with zero attached hydrogens (tertiary/aromatic N) is 1. The van der Waals surface area contributed by atoms with Crippen molar-refractivity contribution in [3.63, 3.8) is 0 Å². The van der Waals surface area contributed by atoms with Gasteiger partial charge in [0.15, 0.2) is 0 Å². The van der Waals surface area contributed by atoms with E-state index < -0.39 is 0 Å². The molecule has 2 rings (SSSR count). The van der Waals surface area contributed by atoms with Crippen LogP contribution in [0.1, 0.15) is 13.3 Å². The van der Waals surface area contributed by atoms with Crippen LogP contribution in [0, 0.1) is 5.92 Å². The van der Waals surface area contributed by atoms with Gasteiger partial charge < -0.3 is 14.8 Å². The van der Waals surface area contributed by atoms with Crippen molar-refractivity contribution in [2.75, 3.05) is 25.6 Å². The van der Waals surface area contributed by atoms with Crippen molar-refractivity contribution in [1.82, 2.24) is 4.98 Å². The summed E-state index contributed by atoms with van der Waals surface area (Å²) < 4.78 is 10.5. The molecule has 0 aromatic carbocycles. The first-order valence-electron chi connectivity index (χ1n) is 5.64. The molecule has 2 heterocycles. The summed E-state index contributed by atoms with van der Waals surface area (Å²) in [5.41, 5.74) is 1.05. The van der Waals surface area contributed by atoms with Gasteiger partial charge in [-0.05, 0) is 19.4 Å². The quantitative estimate of drug-likeness (QED) is 0.845. The molecule has 1 N–H and O–H groups in total. The molecule has 1 saturated heterocycles. The number of hydrogen-bond acceptors (Lipinski definition) is 4. The van der Waals surface area contributed by atoms with E-state index in [1.165, 1.54) is 0 Å². The van der Waals surface area contributed by atoms with Gasteiger partial charge in [0.25, 0.3) is 0 Å². The summed E-state index contributed by atoms with van der Waals surface area (Å²) in [4.78, 5) is 4.08. The average Bonchev–Trinajstić information content (AvgIpc) is 2.83. The van der Waals surface area contributed by atoms with Crippen LogP contribution >= 0.6 is 0 Å². The van der Waals surface area contributed by atoms with Gasteiger partial charge in [-0.3, -0.25) is 0 Å². The first kappa shape index (κ1) is 11.2. The Morgan fingerprint density at radius 1 is 1.62 bits per heavy atom. The molecule has 0 bridgehead atoms. The highest BCUT2D eigenvalue weighted by molar-refractivity contribution is 5.45. The zero-order chi connectivity index (χ0) is 11.4. The Hall–Kier alpha value is -1.29. The zero-order valence-corrected chi connectivity index (χ0v) is 9.77. The van der Waals surface area contributed by atoms with Gasteiger partial charge in [0.2, 0.25) is 5.88 Å². The third-order valence-corrected chi connectivity index (χ3v) is 3.01. The summed E-state index contributed by atoms with van der Waals surface area (Å²) in [6, 6.07) is 4.27. The second-order valence-electron chi connectivity index (χ2n) is 4.14. The van der Waals surface area contributed by atoms with Crippen molar-refractivity contribution in [1.29, 1.82) is 0 Å². The molecule has 2 unspecified atom stereocenters. The molecule has 1 fully saturated rings. The molecule has 1 aliphatic rings. The van der Waals surface area contributed by atoms with Crippen LogP contribution in [-0.2, 0) is 4.74 Å². The molecular weight excluding hydrogens is 204 g/mol. The van der Waals surface area contributed by atoms with E-state index in [1.807, 2.05) is 12.1 Å². The number of ether oxygens (including phenoxy) is 2. The van der Waals surface area contributed by atoms with E-state index in [0.29, 0.717) is 17.8 Å². The standard InChI is InChI=1S/C12H18N2O2/c1-9(10-4-6-16-8-10)14-11-3-5-13-12(7-11)15-2/h3,5,7,9-10H,4,6,8H2,1-2H3,(H,13,14). The van der Waals surface area contributed by atoms with E-state index in [4.69, 9.17) is 9.47 Å². The highest BCUT2D eigenvalue weighted by Gasteiger charge is 2.22. The Balaban J connectivity index is 1.96. The van der Waals surface area contributed by atoms with Crippen molar-refractivity contribution in [3.05, 3.63) is 18.3 Å². The Morgan fingerprint density at radius 2 is 2.50 bits per heavy atom. The summed E-state index contributed by atoms with van der Waals surface area (Å²) in [5, 5.41) is 3.46. The third kappa shape index (κ3) is 2.64. The van der Waals surface area contributed by atoms with E-state index in [-0.39, 0.29) is 0 Å². The van der Waals surface area contributed by atoms with Crippen LogP contribution in [0.25, 0.3) is 0 Å². The van der Waals surface area contributed by atoms with Crippen LogP contribution in [0.3, 0.4) is 0 Å². The number of pyridine rings is 1. The van der Waals surface area contributed by atoms with Crippen LogP contribution < -0.4 is 10.1 Å². The second kappa shape index (κ2) is 5.16. The Kier molecular flexibility index (Phi) is 3.62. The van der Waals surface area contributed by atoms with Gasteiger partial charge in [0, 0.05) is 36.5 Å². The average molecular weight is 222 g/mol. The minimum atomic E-state index is 0.412. The van der Waals surface area contributed by atoms with E-state index in [9.17, 15) is 0 Å². The molecule has 2 atom stereocenters. The first-order chi connectivity index (χ1) is 7.79. The van der Waals surface area contributed by atoms with E-state index >= 15 is 0 Å². The summed E-state index contributed by atoms with van der Waals surface area (Å²) in [7, 11) is 1.63. The van der Waals surface area contributed by atoms with Crippen molar-refractivity contribution in [2.24, 2.45) is 5.92 Å².